The van der Waals surface area contributed by atoms with E-state index < -0.39 is 11.7 Å². The van der Waals surface area contributed by atoms with Gasteiger partial charge in [0.05, 0.1) is 12.1 Å². The summed E-state index contributed by atoms with van der Waals surface area (Å²) in [6.45, 7) is 0.646. The van der Waals surface area contributed by atoms with Gasteiger partial charge >= 0.3 is 6.18 Å². The van der Waals surface area contributed by atoms with E-state index in [0.717, 1.165) is 6.07 Å². The molecule has 19 heavy (non-hydrogen) atoms. The number of piperazine rings is 1. The Kier molecular flexibility index (Phi) is 2.69. The molecule has 0 saturated carbocycles. The van der Waals surface area contributed by atoms with E-state index in [1.54, 1.807) is 11.0 Å². The molecule has 3 nitrogen and oxygen atoms in total. The summed E-state index contributed by atoms with van der Waals surface area (Å²) in [6.07, 6.45) is -3.29. The van der Waals surface area contributed by atoms with Crippen molar-refractivity contribution in [2.45, 2.75) is 25.1 Å². The van der Waals surface area contributed by atoms with Crippen LogP contribution in [-0.4, -0.2) is 25.0 Å². The standard InChI is InChI=1S/C13H13F3N2O/c14-13(15,16)10-2-1-3-11-9(10)5-4-8-6-17-12(19)7-18(8)11/h1-3,8H,4-7H2,(H,17,19). The molecular weight excluding hydrogens is 257 g/mol. The summed E-state index contributed by atoms with van der Waals surface area (Å²) in [6, 6.07) is 4.31. The first-order valence-corrected chi connectivity index (χ1v) is 6.19. The van der Waals surface area contributed by atoms with E-state index >= 15 is 0 Å². The maximum atomic E-state index is 13.0. The SMILES string of the molecule is O=C1CN2c3cccc(C(F)(F)F)c3CCC2CN1. The van der Waals surface area contributed by atoms with Gasteiger partial charge in [-0.25, -0.2) is 0 Å². The number of nitrogens with one attached hydrogen (secondary N) is 1. The molecule has 1 unspecified atom stereocenters. The second-order valence-corrected chi connectivity index (χ2v) is 4.93. The quantitative estimate of drug-likeness (QED) is 0.781. The molecule has 1 saturated heterocycles. The first kappa shape index (κ1) is 12.3. The Hall–Kier alpha value is -1.72. The second kappa shape index (κ2) is 4.15. The van der Waals surface area contributed by atoms with E-state index in [9.17, 15) is 18.0 Å². The molecule has 3 rings (SSSR count). The third-order valence-electron chi connectivity index (χ3n) is 3.78. The predicted octanol–water partition coefficient (Wildman–Crippen LogP) is 1.96. The first-order valence-electron chi connectivity index (χ1n) is 6.19. The average molecular weight is 270 g/mol. The van der Waals surface area contributed by atoms with Crippen LogP contribution in [0.4, 0.5) is 18.9 Å². The molecule has 2 aliphatic rings. The molecule has 0 aromatic heterocycles. The lowest BCUT2D eigenvalue weighted by Gasteiger charge is -2.42. The van der Waals surface area contributed by atoms with Gasteiger partial charge in [0, 0.05) is 18.3 Å². The van der Waals surface area contributed by atoms with Crippen LogP contribution in [0, 0.1) is 0 Å². The number of hydrogen-bond acceptors (Lipinski definition) is 2. The monoisotopic (exact) mass is 270 g/mol. The second-order valence-electron chi connectivity index (χ2n) is 4.93. The summed E-state index contributed by atoms with van der Waals surface area (Å²) in [5.41, 5.74) is 0.302. The summed E-state index contributed by atoms with van der Waals surface area (Å²) in [7, 11) is 0. The van der Waals surface area contributed by atoms with Gasteiger partial charge in [-0.2, -0.15) is 13.2 Å². The van der Waals surface area contributed by atoms with Crippen LogP contribution in [0.2, 0.25) is 0 Å². The average Bonchev–Trinajstić information content (AvgIpc) is 2.36. The molecule has 1 aromatic carbocycles. The highest BCUT2D eigenvalue weighted by Crippen LogP contribution is 2.40. The summed E-state index contributed by atoms with van der Waals surface area (Å²) >= 11 is 0. The van der Waals surface area contributed by atoms with Gasteiger partial charge in [0.1, 0.15) is 0 Å². The summed E-state index contributed by atoms with van der Waals surface area (Å²) < 4.78 is 38.9. The Balaban J connectivity index is 2.06. The number of benzene rings is 1. The fraction of sp³-hybridized carbons (Fsp3) is 0.462. The Morgan fingerprint density at radius 3 is 2.84 bits per heavy atom. The number of carbonyl (C=O) groups excluding carboxylic acids is 1. The number of anilines is 1. The maximum Gasteiger partial charge on any atom is 0.416 e. The highest BCUT2D eigenvalue weighted by Gasteiger charge is 2.38. The molecule has 0 radical (unpaired) electrons. The molecule has 102 valence electrons. The molecule has 2 aliphatic heterocycles. The van der Waals surface area contributed by atoms with Crippen LogP contribution >= 0.6 is 0 Å². The third kappa shape index (κ3) is 2.05. The molecule has 1 aromatic rings. The molecule has 1 fully saturated rings. The van der Waals surface area contributed by atoms with Crippen molar-refractivity contribution in [1.29, 1.82) is 0 Å². The molecule has 6 heteroatoms. The minimum Gasteiger partial charge on any atom is -0.357 e. The number of alkyl halides is 3. The van der Waals surface area contributed by atoms with Crippen molar-refractivity contribution in [3.63, 3.8) is 0 Å². The zero-order chi connectivity index (χ0) is 13.6. The van der Waals surface area contributed by atoms with Gasteiger partial charge in [-0.1, -0.05) is 6.07 Å². The van der Waals surface area contributed by atoms with Crippen molar-refractivity contribution in [2.75, 3.05) is 18.0 Å². The molecule has 1 amide bonds. The van der Waals surface area contributed by atoms with E-state index in [1.807, 2.05) is 0 Å². The Morgan fingerprint density at radius 1 is 1.32 bits per heavy atom. The van der Waals surface area contributed by atoms with Crippen molar-refractivity contribution >= 4 is 11.6 Å². The van der Waals surface area contributed by atoms with Gasteiger partial charge in [-0.15, -0.1) is 0 Å². The molecule has 2 heterocycles. The molecule has 0 aliphatic carbocycles. The van der Waals surface area contributed by atoms with Crippen molar-refractivity contribution in [1.82, 2.24) is 5.32 Å². The Labute approximate surface area is 108 Å². The van der Waals surface area contributed by atoms with E-state index in [0.29, 0.717) is 30.6 Å². The van der Waals surface area contributed by atoms with Gasteiger partial charge in [0.2, 0.25) is 5.91 Å². The molecular formula is C13H13F3N2O. The van der Waals surface area contributed by atoms with Crippen LogP contribution in [0.25, 0.3) is 0 Å². The lowest BCUT2D eigenvalue weighted by Crippen LogP contribution is -2.56. The lowest BCUT2D eigenvalue weighted by atomic mass is 9.90. The van der Waals surface area contributed by atoms with Crippen LogP contribution in [0.3, 0.4) is 0 Å². The zero-order valence-corrected chi connectivity index (χ0v) is 10.1. The van der Waals surface area contributed by atoms with Crippen molar-refractivity contribution in [3.8, 4) is 0 Å². The van der Waals surface area contributed by atoms with E-state index in [4.69, 9.17) is 0 Å². The topological polar surface area (TPSA) is 32.3 Å². The fourth-order valence-corrected chi connectivity index (χ4v) is 2.90. The first-order chi connectivity index (χ1) is 8.97. The number of halogens is 3. The maximum absolute atomic E-state index is 13.0. The van der Waals surface area contributed by atoms with Gasteiger partial charge in [0.15, 0.2) is 0 Å². The number of rotatable bonds is 0. The summed E-state index contributed by atoms with van der Waals surface area (Å²) in [5, 5.41) is 2.75. The normalized spacial score (nSPS) is 22.6. The smallest absolute Gasteiger partial charge is 0.357 e. The van der Waals surface area contributed by atoms with Gasteiger partial charge < -0.3 is 10.2 Å². The minimum absolute atomic E-state index is 0.105. The predicted molar refractivity (Wildman–Crippen MR) is 63.9 cm³/mol. The van der Waals surface area contributed by atoms with Crippen molar-refractivity contribution in [3.05, 3.63) is 29.3 Å². The Bertz CT molecular complexity index is 527. The third-order valence-corrected chi connectivity index (χ3v) is 3.78. The van der Waals surface area contributed by atoms with Gasteiger partial charge in [-0.05, 0) is 30.5 Å². The van der Waals surface area contributed by atoms with E-state index in [1.165, 1.54) is 6.07 Å². The van der Waals surface area contributed by atoms with Crippen LogP contribution in [-0.2, 0) is 17.4 Å². The highest BCUT2D eigenvalue weighted by atomic mass is 19.4. The minimum atomic E-state index is -4.34. The summed E-state index contributed by atoms with van der Waals surface area (Å²) in [5.74, 6) is -0.137. The highest BCUT2D eigenvalue weighted by molar-refractivity contribution is 5.84. The van der Waals surface area contributed by atoms with E-state index in [-0.39, 0.29) is 18.5 Å². The van der Waals surface area contributed by atoms with Crippen molar-refractivity contribution in [2.24, 2.45) is 0 Å². The van der Waals surface area contributed by atoms with Crippen molar-refractivity contribution < 1.29 is 18.0 Å². The number of hydrogen-bond donors (Lipinski definition) is 1. The van der Waals surface area contributed by atoms with Crippen LogP contribution in [0.5, 0.6) is 0 Å². The molecule has 1 N–H and O–H groups in total. The largest absolute Gasteiger partial charge is 0.416 e. The lowest BCUT2D eigenvalue weighted by molar-refractivity contribution is -0.138. The Morgan fingerprint density at radius 2 is 2.11 bits per heavy atom. The zero-order valence-electron chi connectivity index (χ0n) is 10.1. The van der Waals surface area contributed by atoms with Gasteiger partial charge in [0.25, 0.3) is 0 Å². The number of amides is 1. The molecule has 0 bridgehead atoms. The fourth-order valence-electron chi connectivity index (χ4n) is 2.90. The van der Waals surface area contributed by atoms with Crippen LogP contribution < -0.4 is 10.2 Å². The van der Waals surface area contributed by atoms with Crippen LogP contribution in [0.1, 0.15) is 17.5 Å². The van der Waals surface area contributed by atoms with Gasteiger partial charge in [-0.3, -0.25) is 4.79 Å². The summed E-state index contributed by atoms with van der Waals surface area (Å²) in [4.78, 5) is 13.2. The van der Waals surface area contributed by atoms with Crippen LogP contribution in [0.15, 0.2) is 18.2 Å². The van der Waals surface area contributed by atoms with E-state index in [2.05, 4.69) is 5.32 Å². The molecule has 0 spiro atoms. The number of carbonyl (C=O) groups is 1. The molecule has 1 atom stereocenters. The number of fused-ring (bicyclic) bond motifs is 3. The number of nitrogens with zero attached hydrogens (tertiary/aromatic N) is 1.